The van der Waals surface area contributed by atoms with Gasteiger partial charge in [0.25, 0.3) is 0 Å². The highest BCUT2D eigenvalue weighted by molar-refractivity contribution is 4.92. The molecule has 0 heterocycles. The van der Waals surface area contributed by atoms with Crippen molar-refractivity contribution in [3.05, 3.63) is 12.2 Å². The summed E-state index contributed by atoms with van der Waals surface area (Å²) in [7, 11) is 0. The highest BCUT2D eigenvalue weighted by Crippen LogP contribution is 2.31. The molecule has 2 atom stereocenters. The third-order valence-electron chi connectivity index (χ3n) is 2.28. The highest BCUT2D eigenvalue weighted by Gasteiger charge is 2.37. The summed E-state index contributed by atoms with van der Waals surface area (Å²) in [6.45, 7) is 2.29. The third-order valence-corrected chi connectivity index (χ3v) is 2.28. The van der Waals surface area contributed by atoms with Crippen LogP contribution in [0.2, 0.25) is 0 Å². The van der Waals surface area contributed by atoms with E-state index in [9.17, 15) is 26.3 Å². The molecule has 0 N–H and O–H groups in total. The fraction of sp³-hybridized carbons (Fsp3) is 0.800. The standard InChI is InChI=1S/C10H14F6/c1-3-8(10(14,15)16)6-4-5-7(2)9(11,12)13/h4,6-8H,3,5H2,1-2H3. The van der Waals surface area contributed by atoms with Gasteiger partial charge in [-0.05, 0) is 12.8 Å². The van der Waals surface area contributed by atoms with E-state index in [0.717, 1.165) is 19.1 Å². The van der Waals surface area contributed by atoms with Crippen LogP contribution in [-0.2, 0) is 0 Å². The first-order chi connectivity index (χ1) is 7.09. The van der Waals surface area contributed by atoms with E-state index in [0.29, 0.717) is 0 Å². The topological polar surface area (TPSA) is 0 Å². The number of halogens is 6. The summed E-state index contributed by atoms with van der Waals surface area (Å²) in [5.41, 5.74) is 0. The van der Waals surface area contributed by atoms with Crippen molar-refractivity contribution in [2.75, 3.05) is 0 Å². The van der Waals surface area contributed by atoms with Crippen molar-refractivity contribution in [1.29, 1.82) is 0 Å². The molecule has 0 aromatic heterocycles. The van der Waals surface area contributed by atoms with Crippen LogP contribution < -0.4 is 0 Å². The van der Waals surface area contributed by atoms with Crippen LogP contribution >= 0.6 is 0 Å². The molecule has 0 radical (unpaired) electrons. The van der Waals surface area contributed by atoms with Crippen LogP contribution in [0.3, 0.4) is 0 Å². The molecule has 0 aromatic rings. The van der Waals surface area contributed by atoms with Gasteiger partial charge in [0.15, 0.2) is 0 Å². The second-order valence-electron chi connectivity index (χ2n) is 3.66. The Hall–Kier alpha value is -0.680. The molecule has 0 aromatic carbocycles. The summed E-state index contributed by atoms with van der Waals surface area (Å²) in [6.07, 6.45) is -7.56. The van der Waals surface area contributed by atoms with E-state index >= 15 is 0 Å². The van der Waals surface area contributed by atoms with Gasteiger partial charge in [-0.2, -0.15) is 26.3 Å². The van der Waals surface area contributed by atoms with Gasteiger partial charge < -0.3 is 0 Å². The smallest absolute Gasteiger partial charge is 0.171 e. The molecule has 0 spiro atoms. The molecule has 0 aliphatic rings. The van der Waals surface area contributed by atoms with E-state index in [1.54, 1.807) is 0 Å². The van der Waals surface area contributed by atoms with E-state index in [4.69, 9.17) is 0 Å². The van der Waals surface area contributed by atoms with Gasteiger partial charge in [-0.25, -0.2) is 0 Å². The van der Waals surface area contributed by atoms with Crippen molar-refractivity contribution in [3.63, 3.8) is 0 Å². The molecular formula is C10H14F6. The third kappa shape index (κ3) is 5.42. The van der Waals surface area contributed by atoms with Crippen molar-refractivity contribution >= 4 is 0 Å². The van der Waals surface area contributed by atoms with Gasteiger partial charge in [0.2, 0.25) is 0 Å². The molecule has 0 saturated heterocycles. The van der Waals surface area contributed by atoms with Crippen LogP contribution in [0.1, 0.15) is 26.7 Å². The lowest BCUT2D eigenvalue weighted by molar-refractivity contribution is -0.168. The van der Waals surface area contributed by atoms with Gasteiger partial charge in [-0.1, -0.05) is 26.0 Å². The molecule has 96 valence electrons. The molecule has 0 aliphatic heterocycles. The van der Waals surface area contributed by atoms with Crippen LogP contribution in [0, 0.1) is 11.8 Å². The molecule has 0 rings (SSSR count). The maximum Gasteiger partial charge on any atom is 0.395 e. The molecule has 0 nitrogen and oxygen atoms in total. The fourth-order valence-corrected chi connectivity index (χ4v) is 1.06. The summed E-state index contributed by atoms with van der Waals surface area (Å²) >= 11 is 0. The zero-order valence-corrected chi connectivity index (χ0v) is 8.99. The minimum absolute atomic E-state index is 0.166. The number of alkyl halides is 6. The van der Waals surface area contributed by atoms with E-state index in [-0.39, 0.29) is 6.42 Å². The second kappa shape index (κ2) is 5.59. The predicted molar refractivity (Wildman–Crippen MR) is 48.8 cm³/mol. The Bertz CT molecular complexity index is 224. The van der Waals surface area contributed by atoms with E-state index < -0.39 is 30.6 Å². The maximum atomic E-state index is 12.2. The number of hydrogen-bond acceptors (Lipinski definition) is 0. The van der Waals surface area contributed by atoms with Gasteiger partial charge >= 0.3 is 12.4 Å². The molecule has 2 unspecified atom stereocenters. The van der Waals surface area contributed by atoms with Crippen molar-refractivity contribution < 1.29 is 26.3 Å². The molecule has 0 saturated carbocycles. The average molecular weight is 248 g/mol. The Kier molecular flexibility index (Phi) is 5.35. The van der Waals surface area contributed by atoms with E-state index in [1.807, 2.05) is 0 Å². The van der Waals surface area contributed by atoms with Crippen molar-refractivity contribution in [2.24, 2.45) is 11.8 Å². The molecular weight excluding hydrogens is 234 g/mol. The zero-order chi connectivity index (χ0) is 13.0. The van der Waals surface area contributed by atoms with E-state index in [2.05, 4.69) is 0 Å². The minimum atomic E-state index is -4.38. The first-order valence-electron chi connectivity index (χ1n) is 4.89. The summed E-state index contributed by atoms with van der Waals surface area (Å²) in [6, 6.07) is 0. The summed E-state index contributed by atoms with van der Waals surface area (Å²) in [5.74, 6) is -3.28. The highest BCUT2D eigenvalue weighted by atomic mass is 19.4. The Morgan fingerprint density at radius 3 is 1.81 bits per heavy atom. The number of rotatable bonds is 4. The minimum Gasteiger partial charge on any atom is -0.171 e. The molecule has 16 heavy (non-hydrogen) atoms. The average Bonchev–Trinajstić information content (AvgIpc) is 2.08. The Morgan fingerprint density at radius 1 is 1.00 bits per heavy atom. The number of hydrogen-bond donors (Lipinski definition) is 0. The van der Waals surface area contributed by atoms with Gasteiger partial charge in [0, 0.05) is 0 Å². The first kappa shape index (κ1) is 15.3. The molecule has 6 heteroatoms. The van der Waals surface area contributed by atoms with Crippen molar-refractivity contribution in [1.82, 2.24) is 0 Å². The largest absolute Gasteiger partial charge is 0.395 e. The van der Waals surface area contributed by atoms with Gasteiger partial charge in [-0.3, -0.25) is 0 Å². The van der Waals surface area contributed by atoms with Gasteiger partial charge in [-0.15, -0.1) is 0 Å². The summed E-state index contributed by atoms with van der Waals surface area (Å²) < 4.78 is 72.7. The van der Waals surface area contributed by atoms with Crippen LogP contribution in [0.15, 0.2) is 12.2 Å². The summed E-state index contributed by atoms with van der Waals surface area (Å²) in [5, 5.41) is 0. The first-order valence-corrected chi connectivity index (χ1v) is 4.89. The summed E-state index contributed by atoms with van der Waals surface area (Å²) in [4.78, 5) is 0. The lowest BCUT2D eigenvalue weighted by Crippen LogP contribution is -2.21. The quantitative estimate of drug-likeness (QED) is 0.499. The Balaban J connectivity index is 4.29. The molecule has 0 bridgehead atoms. The molecule has 0 fully saturated rings. The molecule has 0 aliphatic carbocycles. The van der Waals surface area contributed by atoms with Crippen LogP contribution in [0.5, 0.6) is 0 Å². The molecule has 0 amide bonds. The van der Waals surface area contributed by atoms with Gasteiger partial charge in [0.05, 0.1) is 11.8 Å². The Morgan fingerprint density at radius 2 is 1.50 bits per heavy atom. The van der Waals surface area contributed by atoms with Gasteiger partial charge in [0.1, 0.15) is 0 Å². The van der Waals surface area contributed by atoms with Crippen molar-refractivity contribution in [2.45, 2.75) is 39.0 Å². The van der Waals surface area contributed by atoms with E-state index in [1.165, 1.54) is 6.92 Å². The lowest BCUT2D eigenvalue weighted by Gasteiger charge is -2.16. The normalized spacial score (nSPS) is 17.8. The van der Waals surface area contributed by atoms with Crippen LogP contribution in [0.25, 0.3) is 0 Å². The van der Waals surface area contributed by atoms with Crippen LogP contribution in [-0.4, -0.2) is 12.4 Å². The Labute approximate surface area is 90.3 Å². The maximum absolute atomic E-state index is 12.2. The predicted octanol–water partition coefficient (Wildman–Crippen LogP) is 4.72. The van der Waals surface area contributed by atoms with Crippen molar-refractivity contribution in [3.8, 4) is 0 Å². The second-order valence-corrected chi connectivity index (χ2v) is 3.66. The fourth-order valence-electron chi connectivity index (χ4n) is 1.06. The number of allylic oxidation sites excluding steroid dienone is 2. The SMILES string of the molecule is CCC(C=CCC(C)C(F)(F)F)C(F)(F)F. The lowest BCUT2D eigenvalue weighted by atomic mass is 10.0. The van der Waals surface area contributed by atoms with Crippen LogP contribution in [0.4, 0.5) is 26.3 Å². The monoisotopic (exact) mass is 248 g/mol. The zero-order valence-electron chi connectivity index (χ0n) is 8.99.